The van der Waals surface area contributed by atoms with Crippen LogP contribution in [0.1, 0.15) is 16.2 Å². The van der Waals surface area contributed by atoms with E-state index in [9.17, 15) is 4.79 Å². The maximum absolute atomic E-state index is 11.8. The van der Waals surface area contributed by atoms with Gasteiger partial charge in [0.15, 0.2) is 5.65 Å². The lowest BCUT2D eigenvalue weighted by Gasteiger charge is -2.01. The highest BCUT2D eigenvalue weighted by atomic mass is 16.1. The summed E-state index contributed by atoms with van der Waals surface area (Å²) in [5.41, 5.74) is 3.95. The Kier molecular flexibility index (Phi) is 3.91. The van der Waals surface area contributed by atoms with Crippen LogP contribution in [0.4, 0.5) is 0 Å². The summed E-state index contributed by atoms with van der Waals surface area (Å²) >= 11 is 0. The van der Waals surface area contributed by atoms with E-state index >= 15 is 0 Å². The Hall–Kier alpha value is -3.55. The minimum absolute atomic E-state index is 0.181. The molecule has 2 N–H and O–H groups in total. The molecule has 8 nitrogen and oxygen atoms in total. The zero-order valence-electron chi connectivity index (χ0n) is 13.3. The van der Waals surface area contributed by atoms with Gasteiger partial charge in [0.05, 0.1) is 11.4 Å². The summed E-state index contributed by atoms with van der Waals surface area (Å²) in [5, 5.41) is 13.7. The number of nitrogens with zero attached hydrogens (tertiary/aromatic N) is 5. The van der Waals surface area contributed by atoms with Crippen molar-refractivity contribution in [3.63, 3.8) is 0 Å². The van der Waals surface area contributed by atoms with E-state index in [0.29, 0.717) is 18.7 Å². The van der Waals surface area contributed by atoms with Crippen LogP contribution in [0.5, 0.6) is 0 Å². The van der Waals surface area contributed by atoms with Gasteiger partial charge < -0.3 is 5.32 Å². The van der Waals surface area contributed by atoms with Crippen molar-refractivity contribution in [1.29, 1.82) is 0 Å². The van der Waals surface area contributed by atoms with Gasteiger partial charge in [-0.15, -0.1) is 0 Å². The van der Waals surface area contributed by atoms with Crippen LogP contribution in [-0.4, -0.2) is 42.2 Å². The van der Waals surface area contributed by atoms with Gasteiger partial charge in [-0.2, -0.15) is 10.2 Å². The average Bonchev–Trinajstić information content (AvgIpc) is 3.31. The highest BCUT2D eigenvalue weighted by molar-refractivity contribution is 5.92. The molecule has 0 aromatic carbocycles. The normalized spacial score (nSPS) is 10.9. The number of hydrogen-bond acceptors (Lipinski definition) is 5. The summed E-state index contributed by atoms with van der Waals surface area (Å²) in [7, 11) is 0. The molecule has 0 unspecified atom stereocenters. The maximum Gasteiger partial charge on any atom is 0.269 e. The first-order valence-electron chi connectivity index (χ1n) is 7.83. The Balaban J connectivity index is 1.45. The Morgan fingerprint density at radius 3 is 2.84 bits per heavy atom. The number of hydrogen-bond donors (Lipinski definition) is 2. The molecule has 0 aliphatic rings. The number of H-pyrrole nitrogens is 1. The zero-order chi connectivity index (χ0) is 17.1. The second kappa shape index (κ2) is 6.52. The first-order valence-corrected chi connectivity index (χ1v) is 7.83. The number of carbonyl (C=O) groups is 1. The topological polar surface area (TPSA) is 101 Å². The molecule has 0 saturated heterocycles. The Labute approximate surface area is 142 Å². The number of nitrogens with one attached hydrogen (secondary N) is 2. The van der Waals surface area contributed by atoms with Gasteiger partial charge in [-0.1, -0.05) is 0 Å². The summed E-state index contributed by atoms with van der Waals surface area (Å²) in [6, 6.07) is 9.30. The second-order valence-electron chi connectivity index (χ2n) is 5.46. The minimum Gasteiger partial charge on any atom is -0.350 e. The third-order valence-corrected chi connectivity index (χ3v) is 3.76. The number of pyridine rings is 1. The van der Waals surface area contributed by atoms with Crippen LogP contribution in [0.2, 0.25) is 0 Å². The van der Waals surface area contributed by atoms with E-state index in [1.165, 1.54) is 0 Å². The van der Waals surface area contributed by atoms with Crippen molar-refractivity contribution in [2.24, 2.45) is 0 Å². The monoisotopic (exact) mass is 333 g/mol. The van der Waals surface area contributed by atoms with Gasteiger partial charge in [-0.3, -0.25) is 14.9 Å². The Morgan fingerprint density at radius 2 is 2.04 bits per heavy atom. The lowest BCUT2D eigenvalue weighted by molar-refractivity contribution is 0.0949. The smallest absolute Gasteiger partial charge is 0.269 e. The van der Waals surface area contributed by atoms with Crippen LogP contribution < -0.4 is 5.32 Å². The quantitative estimate of drug-likeness (QED) is 0.576. The van der Waals surface area contributed by atoms with Crippen molar-refractivity contribution in [2.45, 2.75) is 6.42 Å². The van der Waals surface area contributed by atoms with Crippen molar-refractivity contribution >= 4 is 11.6 Å². The van der Waals surface area contributed by atoms with Gasteiger partial charge in [0.25, 0.3) is 5.91 Å². The molecular formula is C17H15N7O. The fourth-order valence-corrected chi connectivity index (χ4v) is 2.52. The summed E-state index contributed by atoms with van der Waals surface area (Å²) in [5.74, 6) is -0.181. The molecule has 0 aliphatic heterocycles. The molecule has 4 rings (SSSR count). The van der Waals surface area contributed by atoms with E-state index in [-0.39, 0.29) is 5.91 Å². The van der Waals surface area contributed by atoms with E-state index in [0.717, 1.165) is 22.6 Å². The number of carbonyl (C=O) groups excluding carboxylic acids is 1. The van der Waals surface area contributed by atoms with E-state index in [4.69, 9.17) is 0 Å². The third kappa shape index (κ3) is 3.23. The lowest BCUT2D eigenvalue weighted by Crippen LogP contribution is -2.26. The molecule has 0 aliphatic carbocycles. The average molecular weight is 333 g/mol. The first kappa shape index (κ1) is 15.0. The zero-order valence-corrected chi connectivity index (χ0v) is 13.3. The van der Waals surface area contributed by atoms with E-state index in [1.54, 1.807) is 29.2 Å². The van der Waals surface area contributed by atoms with Gasteiger partial charge in [0.1, 0.15) is 5.69 Å². The predicted molar refractivity (Wildman–Crippen MR) is 90.8 cm³/mol. The van der Waals surface area contributed by atoms with Crippen LogP contribution in [-0.2, 0) is 6.42 Å². The largest absolute Gasteiger partial charge is 0.350 e. The molecule has 4 aromatic rings. The molecular weight excluding hydrogens is 318 g/mol. The van der Waals surface area contributed by atoms with E-state index < -0.39 is 0 Å². The molecule has 1 amide bonds. The molecule has 25 heavy (non-hydrogen) atoms. The first-order chi connectivity index (χ1) is 12.3. The van der Waals surface area contributed by atoms with Crippen LogP contribution in [0, 0.1) is 0 Å². The van der Waals surface area contributed by atoms with Crippen LogP contribution >= 0.6 is 0 Å². The maximum atomic E-state index is 11.8. The van der Waals surface area contributed by atoms with Gasteiger partial charge in [-0.25, -0.2) is 9.50 Å². The summed E-state index contributed by atoms with van der Waals surface area (Å²) in [6.07, 6.45) is 7.53. The molecule has 8 heteroatoms. The van der Waals surface area contributed by atoms with Crippen LogP contribution in [0.25, 0.3) is 16.9 Å². The van der Waals surface area contributed by atoms with Crippen molar-refractivity contribution in [2.75, 3.05) is 6.54 Å². The van der Waals surface area contributed by atoms with Crippen molar-refractivity contribution < 1.29 is 4.79 Å². The molecule has 0 atom stereocenters. The van der Waals surface area contributed by atoms with E-state index in [1.807, 2.05) is 30.5 Å². The highest BCUT2D eigenvalue weighted by Crippen LogP contribution is 2.16. The number of aromatic nitrogens is 6. The highest BCUT2D eigenvalue weighted by Gasteiger charge is 2.08. The molecule has 0 radical (unpaired) electrons. The van der Waals surface area contributed by atoms with Crippen LogP contribution in [0.3, 0.4) is 0 Å². The van der Waals surface area contributed by atoms with Crippen molar-refractivity contribution in [3.8, 4) is 11.3 Å². The Bertz CT molecular complexity index is 992. The van der Waals surface area contributed by atoms with Crippen molar-refractivity contribution in [3.05, 3.63) is 66.5 Å². The predicted octanol–water partition coefficient (Wildman–Crippen LogP) is 1.49. The van der Waals surface area contributed by atoms with Gasteiger partial charge in [-0.05, 0) is 24.3 Å². The molecule has 4 aromatic heterocycles. The molecule has 0 spiro atoms. The molecule has 0 bridgehead atoms. The standard InChI is InChI=1S/C17H15N7O/c25-17(15-4-9-20-22-15)19-8-3-13-11-16-21-14(5-10-24(16)23-13)12-1-6-18-7-2-12/h1-2,4-7,9-11H,3,8H2,(H,19,25)(H,20,22). The lowest BCUT2D eigenvalue weighted by atomic mass is 10.2. The number of amides is 1. The fraction of sp³-hybridized carbons (Fsp3) is 0.118. The molecule has 0 fully saturated rings. The summed E-state index contributed by atoms with van der Waals surface area (Å²) < 4.78 is 1.73. The van der Waals surface area contributed by atoms with Gasteiger partial charge >= 0.3 is 0 Å². The SMILES string of the molecule is O=C(NCCc1cc2nc(-c3ccncc3)ccn2n1)c1ccn[nH]1. The molecule has 0 saturated carbocycles. The Morgan fingerprint density at radius 1 is 1.16 bits per heavy atom. The molecule has 4 heterocycles. The van der Waals surface area contributed by atoms with E-state index in [2.05, 4.69) is 30.6 Å². The third-order valence-electron chi connectivity index (χ3n) is 3.76. The fourth-order valence-electron chi connectivity index (χ4n) is 2.52. The minimum atomic E-state index is -0.181. The van der Waals surface area contributed by atoms with Gasteiger partial charge in [0.2, 0.25) is 0 Å². The number of aromatic amines is 1. The van der Waals surface area contributed by atoms with Gasteiger partial charge in [0, 0.05) is 49.4 Å². The van der Waals surface area contributed by atoms with Crippen molar-refractivity contribution in [1.82, 2.24) is 35.1 Å². The van der Waals surface area contributed by atoms with Crippen LogP contribution in [0.15, 0.2) is 55.1 Å². The number of rotatable bonds is 5. The number of fused-ring (bicyclic) bond motifs is 1. The summed E-state index contributed by atoms with van der Waals surface area (Å²) in [4.78, 5) is 20.5. The second-order valence-corrected chi connectivity index (χ2v) is 5.46. The molecule has 124 valence electrons. The summed E-state index contributed by atoms with van der Waals surface area (Å²) in [6.45, 7) is 0.485.